The van der Waals surface area contributed by atoms with Gasteiger partial charge >= 0.3 is 0 Å². The molecule has 0 aliphatic carbocycles. The van der Waals surface area contributed by atoms with Crippen molar-refractivity contribution in [1.82, 2.24) is 9.03 Å². The number of alkyl halides is 1. The topological polar surface area (TPSA) is 58.6 Å². The van der Waals surface area contributed by atoms with Crippen LogP contribution in [0.15, 0.2) is 0 Å². The first kappa shape index (κ1) is 13.1. The Morgan fingerprint density at radius 1 is 1.38 bits per heavy atom. The Morgan fingerprint density at radius 2 is 2.00 bits per heavy atom. The van der Waals surface area contributed by atoms with Crippen molar-refractivity contribution in [3.8, 4) is 0 Å². The Labute approximate surface area is 84.2 Å². The summed E-state index contributed by atoms with van der Waals surface area (Å²) in [6, 6.07) is 0. The van der Waals surface area contributed by atoms with Crippen molar-refractivity contribution in [2.24, 2.45) is 0 Å². The van der Waals surface area contributed by atoms with Gasteiger partial charge in [0.1, 0.15) is 0 Å². The molecule has 5 nitrogen and oxygen atoms in total. The van der Waals surface area contributed by atoms with Crippen LogP contribution in [0.2, 0.25) is 0 Å². The molecule has 0 spiro atoms. The Morgan fingerprint density at radius 3 is 2.46 bits per heavy atom. The number of rotatable bonds is 7. The summed E-state index contributed by atoms with van der Waals surface area (Å²) in [5.41, 5.74) is 0. The maximum atomic E-state index is 11.1. The first-order valence-corrected chi connectivity index (χ1v) is 5.79. The van der Waals surface area contributed by atoms with Crippen LogP contribution in [0.25, 0.3) is 0 Å². The minimum Gasteiger partial charge on any atom is -0.379 e. The summed E-state index contributed by atoms with van der Waals surface area (Å²) in [6.07, 6.45) is 0. The lowest BCUT2D eigenvalue weighted by Gasteiger charge is -2.11. The normalized spacial score (nSPS) is 12.3. The minimum absolute atomic E-state index is 0.261. The van der Waals surface area contributed by atoms with Crippen LogP contribution in [0.5, 0.6) is 0 Å². The molecule has 0 radical (unpaired) electrons. The quantitative estimate of drug-likeness (QED) is 0.480. The number of hydrogen-bond donors (Lipinski definition) is 1. The highest BCUT2D eigenvalue weighted by atomic mass is 35.5. The van der Waals surface area contributed by atoms with E-state index in [2.05, 4.69) is 4.72 Å². The average Bonchev–Trinajstić information content (AvgIpc) is 2.03. The smallest absolute Gasteiger partial charge is 0.279 e. The third-order valence-corrected chi connectivity index (χ3v) is 2.92. The molecule has 7 heteroatoms. The molecular weight excluding hydrogens is 216 g/mol. The number of hydrogen-bond acceptors (Lipinski definition) is 3. The predicted molar refractivity (Wildman–Crippen MR) is 52.1 cm³/mol. The van der Waals surface area contributed by atoms with Crippen LogP contribution in [-0.2, 0) is 14.9 Å². The van der Waals surface area contributed by atoms with E-state index in [-0.39, 0.29) is 6.54 Å². The van der Waals surface area contributed by atoms with Crippen molar-refractivity contribution in [3.63, 3.8) is 0 Å². The van der Waals surface area contributed by atoms with Crippen molar-refractivity contribution in [1.29, 1.82) is 0 Å². The number of nitrogens with zero attached hydrogens (tertiary/aromatic N) is 1. The van der Waals surface area contributed by atoms with Crippen LogP contribution < -0.4 is 4.72 Å². The fraction of sp³-hybridized carbons (Fsp3) is 1.00. The molecule has 0 aromatic heterocycles. The highest BCUT2D eigenvalue weighted by molar-refractivity contribution is 7.87. The van der Waals surface area contributed by atoms with Gasteiger partial charge in [0.15, 0.2) is 0 Å². The van der Waals surface area contributed by atoms with Crippen LogP contribution in [0.1, 0.15) is 0 Å². The molecule has 0 rings (SSSR count). The van der Waals surface area contributed by atoms with E-state index in [0.717, 1.165) is 4.31 Å². The first-order valence-electron chi connectivity index (χ1n) is 3.81. The van der Waals surface area contributed by atoms with Gasteiger partial charge in [-0.1, -0.05) is 0 Å². The lowest BCUT2D eigenvalue weighted by molar-refractivity contribution is 0.154. The standard InChI is InChI=1S/C6H15ClN2O3S/c1-9(2)13(10,11)8-4-6-12-5-3-7/h8H,3-6H2,1-2H3. The second-order valence-corrected chi connectivity index (χ2v) is 4.83. The lowest BCUT2D eigenvalue weighted by atomic mass is 10.7. The van der Waals surface area contributed by atoms with Gasteiger partial charge in [0.05, 0.1) is 13.2 Å². The fourth-order valence-electron chi connectivity index (χ4n) is 0.529. The van der Waals surface area contributed by atoms with Gasteiger partial charge in [-0.05, 0) is 0 Å². The van der Waals surface area contributed by atoms with Gasteiger partial charge < -0.3 is 4.74 Å². The highest BCUT2D eigenvalue weighted by Crippen LogP contribution is 1.87. The van der Waals surface area contributed by atoms with Gasteiger partial charge in [0, 0.05) is 26.5 Å². The molecule has 0 aliphatic rings. The SMILES string of the molecule is CN(C)S(=O)(=O)NCCOCCCl. The zero-order chi connectivity index (χ0) is 10.3. The monoisotopic (exact) mass is 230 g/mol. The molecule has 0 saturated carbocycles. The summed E-state index contributed by atoms with van der Waals surface area (Å²) in [5.74, 6) is 0.417. The summed E-state index contributed by atoms with van der Waals surface area (Å²) < 4.78 is 30.6. The van der Waals surface area contributed by atoms with Gasteiger partial charge in [0.25, 0.3) is 10.2 Å². The Bertz CT molecular complexity index is 218. The van der Waals surface area contributed by atoms with E-state index in [1.54, 1.807) is 0 Å². The zero-order valence-corrected chi connectivity index (χ0v) is 9.36. The average molecular weight is 231 g/mol. The summed E-state index contributed by atoms with van der Waals surface area (Å²) in [6.45, 7) is 1.03. The van der Waals surface area contributed by atoms with E-state index < -0.39 is 10.2 Å². The molecule has 0 amide bonds. The maximum Gasteiger partial charge on any atom is 0.279 e. The Hall–Kier alpha value is 0.120. The van der Waals surface area contributed by atoms with Gasteiger partial charge in [-0.15, -0.1) is 11.6 Å². The minimum atomic E-state index is -3.32. The van der Waals surface area contributed by atoms with Crippen LogP contribution in [-0.4, -0.2) is 52.5 Å². The van der Waals surface area contributed by atoms with Crippen molar-refractivity contribution < 1.29 is 13.2 Å². The van der Waals surface area contributed by atoms with Crippen molar-refractivity contribution >= 4 is 21.8 Å². The fourth-order valence-corrected chi connectivity index (χ4v) is 1.24. The van der Waals surface area contributed by atoms with E-state index in [9.17, 15) is 8.42 Å². The number of ether oxygens (including phenoxy) is 1. The third-order valence-electron chi connectivity index (χ3n) is 1.23. The molecule has 0 saturated heterocycles. The lowest BCUT2D eigenvalue weighted by Crippen LogP contribution is -2.37. The van der Waals surface area contributed by atoms with Crippen LogP contribution in [0.3, 0.4) is 0 Å². The van der Waals surface area contributed by atoms with Gasteiger partial charge in [-0.25, -0.2) is 0 Å². The molecule has 1 N–H and O–H groups in total. The predicted octanol–water partition coefficient (Wildman–Crippen LogP) is -0.362. The van der Waals surface area contributed by atoms with Crippen molar-refractivity contribution in [2.75, 3.05) is 39.7 Å². The van der Waals surface area contributed by atoms with Gasteiger partial charge in [0.2, 0.25) is 0 Å². The van der Waals surface area contributed by atoms with Gasteiger partial charge in [-0.2, -0.15) is 17.4 Å². The second kappa shape index (κ2) is 6.56. The van der Waals surface area contributed by atoms with E-state index in [1.807, 2.05) is 0 Å². The van der Waals surface area contributed by atoms with E-state index in [1.165, 1.54) is 14.1 Å². The molecule has 0 bridgehead atoms. The molecule has 0 aliphatic heterocycles. The summed E-state index contributed by atoms with van der Waals surface area (Å²) in [7, 11) is -0.394. The van der Waals surface area contributed by atoms with E-state index in [0.29, 0.717) is 19.1 Å². The largest absolute Gasteiger partial charge is 0.379 e. The molecule has 13 heavy (non-hydrogen) atoms. The van der Waals surface area contributed by atoms with E-state index in [4.69, 9.17) is 16.3 Å². The zero-order valence-electron chi connectivity index (χ0n) is 7.79. The number of halogens is 1. The highest BCUT2D eigenvalue weighted by Gasteiger charge is 2.10. The van der Waals surface area contributed by atoms with Crippen LogP contribution in [0.4, 0.5) is 0 Å². The Balaban J connectivity index is 3.53. The summed E-state index contributed by atoms with van der Waals surface area (Å²) in [5, 5.41) is 0. The molecule has 0 unspecified atom stereocenters. The second-order valence-electron chi connectivity index (χ2n) is 2.48. The number of nitrogens with one attached hydrogen (secondary N) is 1. The van der Waals surface area contributed by atoms with Crippen LogP contribution in [0, 0.1) is 0 Å². The molecule has 0 aromatic carbocycles. The van der Waals surface area contributed by atoms with Crippen molar-refractivity contribution in [3.05, 3.63) is 0 Å². The molecule has 0 aromatic rings. The summed E-state index contributed by atoms with van der Waals surface area (Å²) >= 11 is 5.35. The van der Waals surface area contributed by atoms with Crippen LogP contribution >= 0.6 is 11.6 Å². The molecule has 0 atom stereocenters. The van der Waals surface area contributed by atoms with Crippen molar-refractivity contribution in [2.45, 2.75) is 0 Å². The summed E-state index contributed by atoms with van der Waals surface area (Å²) in [4.78, 5) is 0. The maximum absolute atomic E-state index is 11.1. The third kappa shape index (κ3) is 6.23. The first-order chi connectivity index (χ1) is 6.00. The Kier molecular flexibility index (Phi) is 6.62. The molecule has 80 valence electrons. The van der Waals surface area contributed by atoms with Gasteiger partial charge in [-0.3, -0.25) is 0 Å². The molecular formula is C6H15ClN2O3S. The molecule has 0 heterocycles. The molecule has 0 fully saturated rings. The van der Waals surface area contributed by atoms with E-state index >= 15 is 0 Å².